The summed E-state index contributed by atoms with van der Waals surface area (Å²) in [6, 6.07) is 11.2. The minimum Gasteiger partial charge on any atom is -0.300 e. The summed E-state index contributed by atoms with van der Waals surface area (Å²) in [5, 5.41) is 0. The standard InChI is InChI=1S/C15H21N/c1-16-13-7-3-6-10-15(16)12-11-14-8-4-2-5-9-14/h2,4-5,8-9,11-12,15H,3,6-7,10,13H2,1H3/b12-11+. The lowest BCUT2D eigenvalue weighted by molar-refractivity contribution is 0.290. The quantitative estimate of drug-likeness (QED) is 0.729. The molecule has 0 aromatic heterocycles. The van der Waals surface area contributed by atoms with Crippen LogP contribution in [0.5, 0.6) is 0 Å². The molecule has 0 N–H and O–H groups in total. The highest BCUT2D eigenvalue weighted by atomic mass is 15.1. The molecule has 1 nitrogen and oxygen atoms in total. The van der Waals surface area contributed by atoms with Gasteiger partial charge < -0.3 is 0 Å². The van der Waals surface area contributed by atoms with Gasteiger partial charge in [0.1, 0.15) is 0 Å². The van der Waals surface area contributed by atoms with Gasteiger partial charge in [0.15, 0.2) is 0 Å². The third kappa shape index (κ3) is 3.21. The van der Waals surface area contributed by atoms with Crippen LogP contribution in [0.25, 0.3) is 6.08 Å². The number of benzene rings is 1. The van der Waals surface area contributed by atoms with E-state index in [2.05, 4.69) is 54.4 Å². The predicted molar refractivity (Wildman–Crippen MR) is 70.4 cm³/mol. The van der Waals surface area contributed by atoms with Gasteiger partial charge in [-0.2, -0.15) is 0 Å². The van der Waals surface area contributed by atoms with Crippen molar-refractivity contribution in [1.29, 1.82) is 0 Å². The molecule has 86 valence electrons. The number of nitrogens with zero attached hydrogens (tertiary/aromatic N) is 1. The van der Waals surface area contributed by atoms with Crippen molar-refractivity contribution in [3.63, 3.8) is 0 Å². The van der Waals surface area contributed by atoms with Crippen molar-refractivity contribution in [2.45, 2.75) is 31.7 Å². The first-order valence-corrected chi connectivity index (χ1v) is 6.30. The van der Waals surface area contributed by atoms with E-state index in [0.717, 1.165) is 0 Å². The van der Waals surface area contributed by atoms with Crippen LogP contribution in [-0.2, 0) is 0 Å². The zero-order chi connectivity index (χ0) is 11.2. The van der Waals surface area contributed by atoms with Crippen molar-refractivity contribution >= 4 is 6.08 Å². The maximum atomic E-state index is 2.48. The van der Waals surface area contributed by atoms with Crippen LogP contribution in [0.3, 0.4) is 0 Å². The van der Waals surface area contributed by atoms with Gasteiger partial charge in [0.25, 0.3) is 0 Å². The Kier molecular flexibility index (Phi) is 4.17. The SMILES string of the molecule is CN1CCCCCC1/C=C/c1ccccc1. The number of likely N-dealkylation sites (N-methyl/N-ethyl adjacent to an activating group) is 1. The molecular formula is C15H21N. The first kappa shape index (κ1) is 11.4. The van der Waals surface area contributed by atoms with Crippen molar-refractivity contribution in [2.75, 3.05) is 13.6 Å². The molecule has 16 heavy (non-hydrogen) atoms. The summed E-state index contributed by atoms with van der Waals surface area (Å²) in [6.45, 7) is 1.24. The van der Waals surface area contributed by atoms with Crippen LogP contribution >= 0.6 is 0 Å². The Bertz CT molecular complexity index is 329. The van der Waals surface area contributed by atoms with E-state index in [0.29, 0.717) is 6.04 Å². The van der Waals surface area contributed by atoms with Crippen molar-refractivity contribution in [3.05, 3.63) is 42.0 Å². The van der Waals surface area contributed by atoms with Crippen molar-refractivity contribution in [2.24, 2.45) is 0 Å². The Balaban J connectivity index is 1.99. The minimum absolute atomic E-state index is 0.628. The van der Waals surface area contributed by atoms with E-state index in [9.17, 15) is 0 Å². The first-order valence-electron chi connectivity index (χ1n) is 6.30. The number of likely N-dealkylation sites (tertiary alicyclic amines) is 1. The zero-order valence-electron chi connectivity index (χ0n) is 10.1. The van der Waals surface area contributed by atoms with Crippen LogP contribution in [0.4, 0.5) is 0 Å². The summed E-state index contributed by atoms with van der Waals surface area (Å²) in [5.41, 5.74) is 1.31. The van der Waals surface area contributed by atoms with Gasteiger partial charge in [-0.05, 0) is 32.0 Å². The van der Waals surface area contributed by atoms with Crippen molar-refractivity contribution in [1.82, 2.24) is 4.90 Å². The number of rotatable bonds is 2. The van der Waals surface area contributed by atoms with E-state index in [-0.39, 0.29) is 0 Å². The lowest BCUT2D eigenvalue weighted by atomic mass is 10.1. The van der Waals surface area contributed by atoms with Gasteiger partial charge in [-0.1, -0.05) is 55.3 Å². The van der Waals surface area contributed by atoms with E-state index in [1.165, 1.54) is 37.8 Å². The minimum atomic E-state index is 0.628. The van der Waals surface area contributed by atoms with Gasteiger partial charge in [-0.25, -0.2) is 0 Å². The fourth-order valence-corrected chi connectivity index (χ4v) is 2.31. The molecule has 1 aliphatic heterocycles. The molecule has 1 saturated heterocycles. The molecule has 1 aromatic carbocycles. The second-order valence-electron chi connectivity index (χ2n) is 4.67. The molecule has 1 atom stereocenters. The molecule has 0 amide bonds. The van der Waals surface area contributed by atoms with Gasteiger partial charge >= 0.3 is 0 Å². The van der Waals surface area contributed by atoms with Gasteiger partial charge in [0, 0.05) is 6.04 Å². The Morgan fingerprint density at radius 1 is 1.12 bits per heavy atom. The number of hydrogen-bond donors (Lipinski definition) is 0. The molecule has 1 aliphatic rings. The topological polar surface area (TPSA) is 3.24 Å². The molecule has 0 saturated carbocycles. The molecule has 0 radical (unpaired) electrons. The average Bonchev–Trinajstić information content (AvgIpc) is 2.53. The zero-order valence-corrected chi connectivity index (χ0v) is 10.1. The van der Waals surface area contributed by atoms with E-state index in [4.69, 9.17) is 0 Å². The Morgan fingerprint density at radius 3 is 2.75 bits per heavy atom. The molecule has 0 bridgehead atoms. The Labute approximate surface area is 98.8 Å². The number of hydrogen-bond acceptors (Lipinski definition) is 1. The lowest BCUT2D eigenvalue weighted by Crippen LogP contribution is -2.28. The molecule has 0 spiro atoms. The van der Waals surface area contributed by atoms with Gasteiger partial charge in [-0.3, -0.25) is 4.90 Å². The first-order chi connectivity index (χ1) is 7.86. The fourth-order valence-electron chi connectivity index (χ4n) is 2.31. The largest absolute Gasteiger partial charge is 0.300 e. The van der Waals surface area contributed by atoms with Gasteiger partial charge in [0.2, 0.25) is 0 Å². The lowest BCUT2D eigenvalue weighted by Gasteiger charge is -2.22. The summed E-state index contributed by atoms with van der Waals surface area (Å²) < 4.78 is 0. The van der Waals surface area contributed by atoms with Crippen LogP contribution in [0.1, 0.15) is 31.2 Å². The van der Waals surface area contributed by atoms with E-state index >= 15 is 0 Å². The predicted octanol–water partition coefficient (Wildman–Crippen LogP) is 3.57. The molecule has 0 aliphatic carbocycles. The van der Waals surface area contributed by atoms with Gasteiger partial charge in [0.05, 0.1) is 0 Å². The highest BCUT2D eigenvalue weighted by Gasteiger charge is 2.13. The maximum absolute atomic E-state index is 2.48. The van der Waals surface area contributed by atoms with Gasteiger partial charge in [-0.15, -0.1) is 0 Å². The Morgan fingerprint density at radius 2 is 1.94 bits per heavy atom. The average molecular weight is 215 g/mol. The van der Waals surface area contributed by atoms with Crippen LogP contribution in [0.2, 0.25) is 0 Å². The smallest absolute Gasteiger partial charge is 0.0278 e. The fraction of sp³-hybridized carbons (Fsp3) is 0.467. The molecule has 1 heterocycles. The van der Waals surface area contributed by atoms with Crippen molar-refractivity contribution < 1.29 is 0 Å². The molecule has 1 aromatic rings. The van der Waals surface area contributed by atoms with E-state index < -0.39 is 0 Å². The molecular weight excluding hydrogens is 194 g/mol. The second-order valence-corrected chi connectivity index (χ2v) is 4.67. The van der Waals surface area contributed by atoms with E-state index in [1.807, 2.05) is 0 Å². The maximum Gasteiger partial charge on any atom is 0.0278 e. The normalized spacial score (nSPS) is 23.4. The molecule has 2 rings (SSSR count). The van der Waals surface area contributed by atoms with Crippen LogP contribution < -0.4 is 0 Å². The van der Waals surface area contributed by atoms with Crippen LogP contribution in [-0.4, -0.2) is 24.5 Å². The summed E-state index contributed by atoms with van der Waals surface area (Å²) in [4.78, 5) is 2.48. The monoisotopic (exact) mass is 215 g/mol. The third-order valence-corrected chi connectivity index (χ3v) is 3.39. The summed E-state index contributed by atoms with van der Waals surface area (Å²) in [6.07, 6.45) is 10.0. The summed E-state index contributed by atoms with van der Waals surface area (Å²) in [5.74, 6) is 0. The highest BCUT2D eigenvalue weighted by molar-refractivity contribution is 5.49. The van der Waals surface area contributed by atoms with Crippen LogP contribution in [0, 0.1) is 0 Å². The Hall–Kier alpha value is -1.08. The molecule has 1 heteroatoms. The summed E-state index contributed by atoms with van der Waals surface area (Å²) >= 11 is 0. The summed E-state index contributed by atoms with van der Waals surface area (Å²) in [7, 11) is 2.24. The van der Waals surface area contributed by atoms with E-state index in [1.54, 1.807) is 0 Å². The van der Waals surface area contributed by atoms with Crippen molar-refractivity contribution in [3.8, 4) is 0 Å². The molecule has 1 unspecified atom stereocenters. The molecule has 1 fully saturated rings. The highest BCUT2D eigenvalue weighted by Crippen LogP contribution is 2.17. The third-order valence-electron chi connectivity index (χ3n) is 3.39. The van der Waals surface area contributed by atoms with Crippen LogP contribution in [0.15, 0.2) is 36.4 Å². The second kappa shape index (κ2) is 5.86.